The molecule has 0 aliphatic carbocycles. The summed E-state index contributed by atoms with van der Waals surface area (Å²) in [5, 5.41) is 0. The molecule has 0 unspecified atom stereocenters. The zero-order valence-corrected chi connectivity index (χ0v) is 15.3. The van der Waals surface area contributed by atoms with Gasteiger partial charge in [-0.15, -0.1) is 0 Å². The molecule has 7 nitrogen and oxygen atoms in total. The van der Waals surface area contributed by atoms with Gasteiger partial charge in [-0.25, -0.2) is 14.5 Å². The number of carbonyl (C=O) groups is 4. The summed E-state index contributed by atoms with van der Waals surface area (Å²) in [4.78, 5) is 49.0. The Labute approximate surface area is 142 Å². The van der Waals surface area contributed by atoms with Crippen LogP contribution in [0.15, 0.2) is 0 Å². The van der Waals surface area contributed by atoms with Crippen molar-refractivity contribution in [3.63, 3.8) is 0 Å². The van der Waals surface area contributed by atoms with Crippen LogP contribution < -0.4 is 0 Å². The summed E-state index contributed by atoms with van der Waals surface area (Å²) in [6, 6.07) is -1.03. The smallest absolute Gasteiger partial charge is 0.417 e. The predicted molar refractivity (Wildman–Crippen MR) is 86.1 cm³/mol. The molecule has 1 aliphatic heterocycles. The summed E-state index contributed by atoms with van der Waals surface area (Å²) in [7, 11) is 0. The second-order valence-corrected chi connectivity index (χ2v) is 7.91. The monoisotopic (exact) mass is 341 g/mol. The molecule has 1 rings (SSSR count). The number of ether oxygens (including phenoxy) is 2. The third kappa shape index (κ3) is 5.62. The fraction of sp³-hybridized carbons (Fsp3) is 0.765. The van der Waals surface area contributed by atoms with Crippen molar-refractivity contribution in [1.29, 1.82) is 0 Å². The van der Waals surface area contributed by atoms with Gasteiger partial charge in [-0.1, -0.05) is 0 Å². The standard InChI is InChI=1S/C17H27NO6/c1-16(2,3)23-14(21)12-8-7-11(9-10-19)13(20)18(12)15(22)24-17(4,5)6/h10-12H,7-9H2,1-6H3/t11-,12+/m1/s1. The minimum Gasteiger partial charge on any atom is -0.458 e. The largest absolute Gasteiger partial charge is 0.458 e. The van der Waals surface area contributed by atoms with Gasteiger partial charge in [-0.05, 0) is 54.4 Å². The van der Waals surface area contributed by atoms with Crippen molar-refractivity contribution >= 4 is 24.3 Å². The van der Waals surface area contributed by atoms with Crippen LogP contribution in [0.2, 0.25) is 0 Å². The molecule has 0 aromatic rings. The van der Waals surface area contributed by atoms with Crippen LogP contribution in [0.1, 0.15) is 60.8 Å². The fourth-order valence-electron chi connectivity index (χ4n) is 2.42. The quantitative estimate of drug-likeness (QED) is 0.578. The molecule has 7 heteroatoms. The van der Waals surface area contributed by atoms with E-state index in [0.29, 0.717) is 12.7 Å². The molecule has 1 saturated heterocycles. The molecule has 0 aromatic heterocycles. The van der Waals surface area contributed by atoms with Crippen molar-refractivity contribution in [2.45, 2.75) is 78.0 Å². The number of aldehydes is 1. The van der Waals surface area contributed by atoms with Crippen LogP contribution in [0.4, 0.5) is 4.79 Å². The van der Waals surface area contributed by atoms with E-state index in [1.807, 2.05) is 0 Å². The Kier molecular flexibility index (Phi) is 6.14. The molecule has 0 radical (unpaired) electrons. The second-order valence-electron chi connectivity index (χ2n) is 7.91. The maximum absolute atomic E-state index is 12.6. The van der Waals surface area contributed by atoms with Crippen molar-refractivity contribution in [2.75, 3.05) is 0 Å². The molecular weight excluding hydrogens is 314 g/mol. The number of rotatable bonds is 3. The summed E-state index contributed by atoms with van der Waals surface area (Å²) in [5.74, 6) is -1.83. The number of piperidine rings is 1. The van der Waals surface area contributed by atoms with E-state index in [2.05, 4.69) is 0 Å². The van der Waals surface area contributed by atoms with E-state index in [4.69, 9.17) is 9.47 Å². The van der Waals surface area contributed by atoms with Crippen LogP contribution in [-0.2, 0) is 23.9 Å². The summed E-state index contributed by atoms with van der Waals surface area (Å²) >= 11 is 0. The van der Waals surface area contributed by atoms with Crippen LogP contribution in [0.5, 0.6) is 0 Å². The number of esters is 1. The molecular formula is C17H27NO6. The summed E-state index contributed by atoms with van der Waals surface area (Å²) in [6.07, 6.45) is 0.362. The molecule has 1 heterocycles. The number of amides is 2. The van der Waals surface area contributed by atoms with Gasteiger partial charge in [0.2, 0.25) is 5.91 Å². The number of hydrogen-bond acceptors (Lipinski definition) is 6. The van der Waals surface area contributed by atoms with E-state index in [1.165, 1.54) is 0 Å². The molecule has 1 fully saturated rings. The van der Waals surface area contributed by atoms with Gasteiger partial charge in [-0.3, -0.25) is 4.79 Å². The lowest BCUT2D eigenvalue weighted by Gasteiger charge is -2.37. The Bertz CT molecular complexity index is 514. The number of likely N-dealkylation sites (tertiary alicyclic amines) is 1. The molecule has 2 atom stereocenters. The molecule has 0 N–H and O–H groups in total. The first-order valence-electron chi connectivity index (χ1n) is 8.08. The predicted octanol–water partition coefficient (Wildman–Crippen LogP) is 2.46. The Morgan fingerprint density at radius 1 is 1.08 bits per heavy atom. The number of carbonyl (C=O) groups excluding carboxylic acids is 4. The van der Waals surface area contributed by atoms with Crippen molar-refractivity contribution < 1.29 is 28.7 Å². The lowest BCUT2D eigenvalue weighted by molar-refractivity contribution is -0.168. The first-order chi connectivity index (χ1) is 10.9. The Morgan fingerprint density at radius 3 is 2.08 bits per heavy atom. The van der Waals surface area contributed by atoms with Gasteiger partial charge in [0.1, 0.15) is 23.5 Å². The van der Waals surface area contributed by atoms with E-state index in [0.717, 1.165) is 4.90 Å². The lowest BCUT2D eigenvalue weighted by Crippen LogP contribution is -2.56. The number of hydrogen-bond donors (Lipinski definition) is 0. The SMILES string of the molecule is CC(C)(C)OC(=O)[C@@H]1CC[C@H](CC=O)C(=O)N1C(=O)OC(C)(C)C. The highest BCUT2D eigenvalue weighted by Crippen LogP contribution is 2.28. The third-order valence-corrected chi connectivity index (χ3v) is 3.34. The minimum atomic E-state index is -1.03. The zero-order valence-electron chi connectivity index (χ0n) is 15.3. The third-order valence-electron chi connectivity index (χ3n) is 3.34. The summed E-state index contributed by atoms with van der Waals surface area (Å²) in [5.41, 5.74) is -1.55. The maximum Gasteiger partial charge on any atom is 0.417 e. The van der Waals surface area contributed by atoms with Crippen molar-refractivity contribution in [3.8, 4) is 0 Å². The number of imide groups is 1. The highest BCUT2D eigenvalue weighted by atomic mass is 16.6. The molecule has 136 valence electrons. The van der Waals surface area contributed by atoms with Crippen LogP contribution in [0.3, 0.4) is 0 Å². The van der Waals surface area contributed by atoms with E-state index in [-0.39, 0.29) is 12.8 Å². The van der Waals surface area contributed by atoms with Gasteiger partial charge < -0.3 is 14.3 Å². The van der Waals surface area contributed by atoms with Gasteiger partial charge in [0.25, 0.3) is 0 Å². The highest BCUT2D eigenvalue weighted by molar-refractivity contribution is 5.99. The van der Waals surface area contributed by atoms with Crippen molar-refractivity contribution in [1.82, 2.24) is 4.90 Å². The maximum atomic E-state index is 12.6. The van der Waals surface area contributed by atoms with E-state index in [9.17, 15) is 19.2 Å². The molecule has 0 saturated carbocycles. The van der Waals surface area contributed by atoms with Gasteiger partial charge >= 0.3 is 12.1 Å². The van der Waals surface area contributed by atoms with Gasteiger partial charge in [0.05, 0.1) is 0 Å². The molecule has 0 bridgehead atoms. The average Bonchev–Trinajstić information content (AvgIpc) is 2.36. The van der Waals surface area contributed by atoms with Crippen molar-refractivity contribution in [2.24, 2.45) is 5.92 Å². The first kappa shape index (κ1) is 20.1. The zero-order chi connectivity index (χ0) is 18.7. The van der Waals surface area contributed by atoms with Gasteiger partial charge in [0, 0.05) is 12.3 Å². The Balaban J connectivity index is 3.07. The Hall–Kier alpha value is -1.92. The molecule has 1 aliphatic rings. The lowest BCUT2D eigenvalue weighted by atomic mass is 9.90. The topological polar surface area (TPSA) is 90.0 Å². The van der Waals surface area contributed by atoms with E-state index < -0.39 is 41.1 Å². The molecule has 0 aromatic carbocycles. The van der Waals surface area contributed by atoms with Crippen LogP contribution in [-0.4, -0.2) is 46.4 Å². The molecule has 0 spiro atoms. The van der Waals surface area contributed by atoms with E-state index >= 15 is 0 Å². The first-order valence-corrected chi connectivity index (χ1v) is 8.08. The summed E-state index contributed by atoms with van der Waals surface area (Å²) < 4.78 is 10.6. The minimum absolute atomic E-state index is 0.0131. The molecule has 24 heavy (non-hydrogen) atoms. The second kappa shape index (κ2) is 7.32. The normalized spacial score (nSPS) is 22.1. The fourth-order valence-corrected chi connectivity index (χ4v) is 2.42. The Morgan fingerprint density at radius 2 is 1.62 bits per heavy atom. The summed E-state index contributed by atoms with van der Waals surface area (Å²) in [6.45, 7) is 10.1. The van der Waals surface area contributed by atoms with Crippen LogP contribution in [0.25, 0.3) is 0 Å². The van der Waals surface area contributed by atoms with Crippen molar-refractivity contribution in [3.05, 3.63) is 0 Å². The van der Waals surface area contributed by atoms with Crippen LogP contribution >= 0.6 is 0 Å². The van der Waals surface area contributed by atoms with E-state index in [1.54, 1.807) is 41.5 Å². The van der Waals surface area contributed by atoms with Crippen LogP contribution in [0, 0.1) is 5.92 Å². The average molecular weight is 341 g/mol. The highest BCUT2D eigenvalue weighted by Gasteiger charge is 2.45. The van der Waals surface area contributed by atoms with Gasteiger partial charge in [0.15, 0.2) is 0 Å². The van der Waals surface area contributed by atoms with Gasteiger partial charge in [-0.2, -0.15) is 0 Å². The molecule has 2 amide bonds. The number of nitrogens with zero attached hydrogens (tertiary/aromatic N) is 1.